The summed E-state index contributed by atoms with van der Waals surface area (Å²) in [5.41, 5.74) is 0. The molecule has 1 saturated heterocycles. The Morgan fingerprint density at radius 1 is 0.627 bits per heavy atom. The lowest BCUT2D eigenvalue weighted by atomic mass is 10.1. The van der Waals surface area contributed by atoms with Gasteiger partial charge in [0.25, 0.3) is 7.82 Å². The van der Waals surface area contributed by atoms with Crippen LogP contribution in [-0.2, 0) is 37.4 Å². The van der Waals surface area contributed by atoms with Crippen molar-refractivity contribution >= 4 is 19.8 Å². The van der Waals surface area contributed by atoms with E-state index in [1.807, 2.05) is 33.3 Å². The van der Waals surface area contributed by atoms with E-state index < -0.39 is 32.5 Å². The summed E-state index contributed by atoms with van der Waals surface area (Å²) in [7, 11) is 1.07. The monoisotopic (exact) mass is 844 g/mol. The third-order valence-electron chi connectivity index (χ3n) is 8.99. The van der Waals surface area contributed by atoms with Crippen LogP contribution in [0.2, 0.25) is 0 Å². The molecule has 0 aliphatic carbocycles. The van der Waals surface area contributed by atoms with Crippen LogP contribution in [0, 0.1) is 0 Å². The first-order valence-corrected chi connectivity index (χ1v) is 23.5. The van der Waals surface area contributed by atoms with Crippen molar-refractivity contribution in [3.63, 3.8) is 0 Å². The van der Waals surface area contributed by atoms with Crippen molar-refractivity contribution in [3.8, 4) is 0 Å². The molecule has 1 aliphatic heterocycles. The van der Waals surface area contributed by atoms with E-state index in [9.17, 15) is 19.0 Å². The number of likely N-dealkylation sites (N-methyl/N-ethyl adjacent to an activating group) is 1. The van der Waals surface area contributed by atoms with Crippen LogP contribution in [0.4, 0.5) is 0 Å². The lowest BCUT2D eigenvalue weighted by Gasteiger charge is -2.28. The zero-order valence-electron chi connectivity index (χ0n) is 37.1. The molecular weight excluding hydrogens is 765 g/mol. The van der Waals surface area contributed by atoms with Crippen molar-refractivity contribution in [2.45, 2.75) is 148 Å². The number of phosphoric ester groups is 1. The van der Waals surface area contributed by atoms with Gasteiger partial charge in [-0.05, 0) is 89.9 Å². The molecule has 0 spiro atoms. The fourth-order valence-corrected chi connectivity index (χ4v) is 6.16. The summed E-state index contributed by atoms with van der Waals surface area (Å²) in [6.07, 6.45) is 49.1. The molecule has 3 unspecified atom stereocenters. The van der Waals surface area contributed by atoms with Crippen LogP contribution in [0.25, 0.3) is 0 Å². The van der Waals surface area contributed by atoms with Gasteiger partial charge in [-0.2, -0.15) is 0 Å². The van der Waals surface area contributed by atoms with Crippen molar-refractivity contribution in [2.75, 3.05) is 47.5 Å². The van der Waals surface area contributed by atoms with Crippen LogP contribution in [-0.4, -0.2) is 82.2 Å². The SMILES string of the molecule is CC/C=C\C/C=C\C/C=C\C/C=C\C/C=C\CCCC(=O)OC[C@H](COP(=O)([O-])OCC[N+](C)(C)C)OC(=O)CCC/C=C\C/C=C\CC1OC1C/C=C\CCCCC. The minimum atomic E-state index is -4.66. The largest absolute Gasteiger partial charge is 0.756 e. The molecule has 0 bridgehead atoms. The van der Waals surface area contributed by atoms with Gasteiger partial charge in [0.15, 0.2) is 6.10 Å². The number of ether oxygens (including phenoxy) is 3. The molecule has 0 saturated carbocycles. The Kier molecular flexibility index (Phi) is 32.6. The number of esters is 2. The maximum atomic E-state index is 12.7. The normalized spacial score (nSPS) is 17.9. The van der Waals surface area contributed by atoms with E-state index in [-0.39, 0.29) is 26.1 Å². The topological polar surface area (TPSA) is 124 Å². The highest BCUT2D eigenvalue weighted by Gasteiger charge is 2.36. The van der Waals surface area contributed by atoms with Gasteiger partial charge in [0.2, 0.25) is 0 Å². The molecule has 1 fully saturated rings. The number of hydrogen-bond acceptors (Lipinski definition) is 9. The number of unbranched alkanes of at least 4 members (excludes halogenated alkanes) is 5. The Morgan fingerprint density at radius 2 is 1.10 bits per heavy atom. The summed E-state index contributed by atoms with van der Waals surface area (Å²) in [5.74, 6) is -0.986. The number of carbonyl (C=O) groups is 2. The molecule has 1 aliphatic rings. The smallest absolute Gasteiger partial charge is 0.306 e. The second-order valence-electron chi connectivity index (χ2n) is 15.7. The van der Waals surface area contributed by atoms with Crippen molar-refractivity contribution in [3.05, 3.63) is 97.2 Å². The third kappa shape index (κ3) is 36.5. The summed E-state index contributed by atoms with van der Waals surface area (Å²) in [6.45, 7) is 3.91. The Bertz CT molecular complexity index is 1390. The molecule has 0 radical (unpaired) electrons. The third-order valence-corrected chi connectivity index (χ3v) is 9.95. The maximum absolute atomic E-state index is 12.7. The molecule has 11 heteroatoms. The molecule has 0 amide bonds. The Balaban J connectivity index is 2.38. The second-order valence-corrected chi connectivity index (χ2v) is 17.1. The number of hydrogen-bond donors (Lipinski definition) is 0. The van der Waals surface area contributed by atoms with Crippen LogP contribution in [0.5, 0.6) is 0 Å². The number of nitrogens with zero attached hydrogens (tertiary/aromatic N) is 1. The lowest BCUT2D eigenvalue weighted by Crippen LogP contribution is -2.37. The Labute approximate surface area is 358 Å². The first-order chi connectivity index (χ1) is 28.5. The van der Waals surface area contributed by atoms with Crippen LogP contribution >= 0.6 is 7.82 Å². The predicted octanol–water partition coefficient (Wildman–Crippen LogP) is 10.9. The maximum Gasteiger partial charge on any atom is 0.306 e. The van der Waals surface area contributed by atoms with Crippen LogP contribution in [0.3, 0.4) is 0 Å². The number of phosphoric acid groups is 1. The summed E-state index contributed by atoms with van der Waals surface area (Å²) < 4.78 is 39.5. The van der Waals surface area contributed by atoms with E-state index >= 15 is 0 Å². The van der Waals surface area contributed by atoms with Crippen molar-refractivity contribution in [1.29, 1.82) is 0 Å². The van der Waals surface area contributed by atoms with Gasteiger partial charge in [0, 0.05) is 12.8 Å². The van der Waals surface area contributed by atoms with Gasteiger partial charge in [-0.3, -0.25) is 14.2 Å². The molecule has 1 heterocycles. The van der Waals surface area contributed by atoms with Gasteiger partial charge in [-0.1, -0.05) is 124 Å². The molecule has 0 N–H and O–H groups in total. The number of quaternary nitrogens is 1. The number of allylic oxidation sites excluding steroid dienone is 14. The van der Waals surface area contributed by atoms with Gasteiger partial charge < -0.3 is 32.6 Å². The highest BCUT2D eigenvalue weighted by atomic mass is 31.2. The minimum absolute atomic E-state index is 0.0581. The van der Waals surface area contributed by atoms with Gasteiger partial charge in [0.1, 0.15) is 19.8 Å². The lowest BCUT2D eigenvalue weighted by molar-refractivity contribution is -0.870. The molecule has 10 nitrogen and oxygen atoms in total. The molecule has 334 valence electrons. The Hall–Kier alpha value is -3.11. The highest BCUT2D eigenvalue weighted by molar-refractivity contribution is 7.45. The average Bonchev–Trinajstić information content (AvgIpc) is 3.94. The molecule has 0 aromatic carbocycles. The number of epoxide rings is 1. The van der Waals surface area contributed by atoms with E-state index in [4.69, 9.17) is 23.3 Å². The van der Waals surface area contributed by atoms with Gasteiger partial charge in [-0.25, -0.2) is 0 Å². The summed E-state index contributed by atoms with van der Waals surface area (Å²) in [6, 6.07) is 0. The Morgan fingerprint density at radius 3 is 1.64 bits per heavy atom. The van der Waals surface area contributed by atoms with Gasteiger partial charge in [-0.15, -0.1) is 0 Å². The zero-order valence-corrected chi connectivity index (χ0v) is 38.0. The van der Waals surface area contributed by atoms with E-state index in [0.717, 1.165) is 57.8 Å². The standard InChI is InChI=1S/C48H78NO9P/c1-6-8-10-12-14-15-16-17-18-19-20-21-22-23-26-30-34-38-47(50)54-42-44(43-56-59(52,53)55-41-40-49(3,4)5)57-48(51)39-35-31-27-24-25-29-33-37-46-45(58-46)36-32-28-13-11-9-7-2/h8,10,14-15,17-18,20-21,23-24,26-29,32-33,44-46H,6-7,9,11-13,16,19,22,25,30-31,34-43H2,1-5H3/b10-8-,15-14-,18-17-,21-20-,26-23-,27-24-,32-28-,33-29-/t44-,45?,46?/m1/s1. The average molecular weight is 844 g/mol. The number of carbonyl (C=O) groups excluding carboxylic acids is 2. The van der Waals surface area contributed by atoms with Gasteiger partial charge in [0.05, 0.1) is 40.0 Å². The van der Waals surface area contributed by atoms with E-state index in [1.165, 1.54) is 19.3 Å². The highest BCUT2D eigenvalue weighted by Crippen LogP contribution is 2.38. The molecule has 4 atom stereocenters. The first kappa shape index (κ1) is 53.9. The van der Waals surface area contributed by atoms with E-state index in [0.29, 0.717) is 48.9 Å². The van der Waals surface area contributed by atoms with Crippen LogP contribution in [0.1, 0.15) is 129 Å². The molecular formula is C48H78NO9P. The van der Waals surface area contributed by atoms with E-state index in [2.05, 4.69) is 98.9 Å². The van der Waals surface area contributed by atoms with E-state index in [1.54, 1.807) is 0 Å². The summed E-state index contributed by atoms with van der Waals surface area (Å²) in [4.78, 5) is 37.5. The van der Waals surface area contributed by atoms with Crippen LogP contribution in [0.15, 0.2) is 97.2 Å². The molecule has 1 rings (SSSR count). The van der Waals surface area contributed by atoms with Crippen molar-refractivity contribution in [2.24, 2.45) is 0 Å². The molecule has 0 aromatic heterocycles. The second kappa shape index (κ2) is 35.6. The molecule has 59 heavy (non-hydrogen) atoms. The fourth-order valence-electron chi connectivity index (χ4n) is 5.43. The zero-order chi connectivity index (χ0) is 43.3. The van der Waals surface area contributed by atoms with Crippen LogP contribution < -0.4 is 4.89 Å². The predicted molar refractivity (Wildman–Crippen MR) is 239 cm³/mol. The fraction of sp³-hybridized carbons (Fsp3) is 0.625. The summed E-state index contributed by atoms with van der Waals surface area (Å²) >= 11 is 0. The first-order valence-electron chi connectivity index (χ1n) is 22.1. The van der Waals surface area contributed by atoms with Crippen molar-refractivity contribution < 1.29 is 46.8 Å². The summed E-state index contributed by atoms with van der Waals surface area (Å²) in [5, 5.41) is 0. The molecule has 0 aromatic rings. The minimum Gasteiger partial charge on any atom is -0.756 e. The van der Waals surface area contributed by atoms with Gasteiger partial charge >= 0.3 is 11.9 Å². The number of rotatable bonds is 37. The van der Waals surface area contributed by atoms with Crippen molar-refractivity contribution in [1.82, 2.24) is 0 Å². The quantitative estimate of drug-likeness (QED) is 0.0150.